The van der Waals surface area contributed by atoms with Crippen LogP contribution in [0.1, 0.15) is 21.5 Å². The van der Waals surface area contributed by atoms with Crippen molar-refractivity contribution in [3.05, 3.63) is 51.5 Å². The smallest absolute Gasteiger partial charge is 0.262 e. The van der Waals surface area contributed by atoms with E-state index in [0.29, 0.717) is 27.8 Å². The Balaban J connectivity index is 2.11. The monoisotopic (exact) mass is 391 g/mol. The fourth-order valence-electron chi connectivity index (χ4n) is 2.13. The predicted molar refractivity (Wildman–Crippen MR) is 96.1 cm³/mol. The summed E-state index contributed by atoms with van der Waals surface area (Å²) in [5.41, 5.74) is 3.19. The van der Waals surface area contributed by atoms with Crippen LogP contribution in [0.4, 0.5) is 5.69 Å². The standard InChI is InChI=1S/C18H18BrNO4/c1-11-4-5-12(2)14(8-11)20-16(22)10-24-18-15(23-3)7-6-13(9-21)17(18)19/h4-9H,10H2,1-3H3,(H,20,22). The highest BCUT2D eigenvalue weighted by Gasteiger charge is 2.15. The summed E-state index contributed by atoms with van der Waals surface area (Å²) in [6.07, 6.45) is 0.701. The van der Waals surface area contributed by atoms with E-state index in [-0.39, 0.29) is 12.5 Å². The van der Waals surface area contributed by atoms with Gasteiger partial charge in [-0.2, -0.15) is 0 Å². The van der Waals surface area contributed by atoms with Gasteiger partial charge >= 0.3 is 0 Å². The Morgan fingerprint density at radius 2 is 2.00 bits per heavy atom. The van der Waals surface area contributed by atoms with Crippen LogP contribution in [0.15, 0.2) is 34.8 Å². The number of anilines is 1. The van der Waals surface area contributed by atoms with E-state index < -0.39 is 0 Å². The first-order valence-corrected chi connectivity index (χ1v) is 8.07. The van der Waals surface area contributed by atoms with Gasteiger partial charge in [0, 0.05) is 11.3 Å². The number of amides is 1. The van der Waals surface area contributed by atoms with Gasteiger partial charge in [-0.3, -0.25) is 9.59 Å². The molecule has 0 fully saturated rings. The molecule has 0 radical (unpaired) electrons. The van der Waals surface area contributed by atoms with Crippen molar-refractivity contribution in [2.24, 2.45) is 0 Å². The summed E-state index contributed by atoms with van der Waals surface area (Å²) in [4.78, 5) is 23.2. The van der Waals surface area contributed by atoms with E-state index in [2.05, 4.69) is 21.2 Å². The molecule has 0 aliphatic carbocycles. The normalized spacial score (nSPS) is 10.2. The average molecular weight is 392 g/mol. The Kier molecular flexibility index (Phi) is 5.98. The highest BCUT2D eigenvalue weighted by Crippen LogP contribution is 2.37. The van der Waals surface area contributed by atoms with Gasteiger partial charge < -0.3 is 14.8 Å². The molecular weight excluding hydrogens is 374 g/mol. The van der Waals surface area contributed by atoms with Gasteiger partial charge in [-0.05, 0) is 59.1 Å². The van der Waals surface area contributed by atoms with Crippen molar-refractivity contribution >= 4 is 33.8 Å². The number of benzene rings is 2. The summed E-state index contributed by atoms with van der Waals surface area (Å²) >= 11 is 3.30. The summed E-state index contributed by atoms with van der Waals surface area (Å²) in [7, 11) is 1.49. The molecule has 2 aromatic carbocycles. The molecule has 6 heteroatoms. The van der Waals surface area contributed by atoms with Gasteiger partial charge in [-0.1, -0.05) is 12.1 Å². The molecule has 2 aromatic rings. The van der Waals surface area contributed by atoms with E-state index in [1.807, 2.05) is 32.0 Å². The van der Waals surface area contributed by atoms with Gasteiger partial charge in [0.05, 0.1) is 11.6 Å². The van der Waals surface area contributed by atoms with Crippen LogP contribution < -0.4 is 14.8 Å². The number of rotatable bonds is 6. The lowest BCUT2D eigenvalue weighted by Gasteiger charge is -2.14. The van der Waals surface area contributed by atoms with Crippen molar-refractivity contribution in [3.63, 3.8) is 0 Å². The van der Waals surface area contributed by atoms with Gasteiger partial charge in [0.15, 0.2) is 24.4 Å². The molecule has 0 bridgehead atoms. The third kappa shape index (κ3) is 4.14. The first kappa shape index (κ1) is 18.0. The molecular formula is C18H18BrNO4. The molecule has 0 aromatic heterocycles. The maximum Gasteiger partial charge on any atom is 0.262 e. The predicted octanol–water partition coefficient (Wildman–Crippen LogP) is 3.90. The van der Waals surface area contributed by atoms with Crippen LogP contribution in [0.3, 0.4) is 0 Å². The minimum atomic E-state index is -0.297. The second-order valence-corrected chi connectivity index (χ2v) is 6.07. The van der Waals surface area contributed by atoms with E-state index in [9.17, 15) is 9.59 Å². The molecule has 24 heavy (non-hydrogen) atoms. The second-order valence-electron chi connectivity index (χ2n) is 5.27. The third-order valence-corrected chi connectivity index (χ3v) is 4.27. The molecule has 0 saturated carbocycles. The van der Waals surface area contributed by atoms with Crippen LogP contribution in [-0.2, 0) is 4.79 Å². The number of aldehydes is 1. The topological polar surface area (TPSA) is 64.6 Å². The van der Waals surface area contributed by atoms with Gasteiger partial charge in [0.25, 0.3) is 5.91 Å². The van der Waals surface area contributed by atoms with Crippen LogP contribution in [0.2, 0.25) is 0 Å². The quantitative estimate of drug-likeness (QED) is 0.758. The highest BCUT2D eigenvalue weighted by molar-refractivity contribution is 9.10. The summed E-state index contributed by atoms with van der Waals surface area (Å²) in [6, 6.07) is 9.05. The number of halogens is 1. The van der Waals surface area contributed by atoms with Crippen molar-refractivity contribution < 1.29 is 19.1 Å². The van der Waals surface area contributed by atoms with Crippen LogP contribution in [0.5, 0.6) is 11.5 Å². The van der Waals surface area contributed by atoms with Crippen LogP contribution in [-0.4, -0.2) is 25.9 Å². The number of carbonyl (C=O) groups excluding carboxylic acids is 2. The van der Waals surface area contributed by atoms with E-state index in [1.54, 1.807) is 12.1 Å². The molecule has 0 aliphatic heterocycles. The number of hydrogen-bond donors (Lipinski definition) is 1. The number of hydrogen-bond acceptors (Lipinski definition) is 4. The SMILES string of the molecule is COc1ccc(C=O)c(Br)c1OCC(=O)Nc1cc(C)ccc1C. The minimum absolute atomic E-state index is 0.204. The van der Waals surface area contributed by atoms with Crippen molar-refractivity contribution in [1.82, 2.24) is 0 Å². The van der Waals surface area contributed by atoms with E-state index >= 15 is 0 Å². The van der Waals surface area contributed by atoms with Crippen molar-refractivity contribution in [3.8, 4) is 11.5 Å². The van der Waals surface area contributed by atoms with E-state index in [1.165, 1.54) is 7.11 Å². The fraction of sp³-hybridized carbons (Fsp3) is 0.222. The van der Waals surface area contributed by atoms with E-state index in [4.69, 9.17) is 9.47 Å². The molecule has 126 valence electrons. The van der Waals surface area contributed by atoms with Gasteiger partial charge in [-0.15, -0.1) is 0 Å². The zero-order valence-electron chi connectivity index (χ0n) is 13.7. The van der Waals surface area contributed by atoms with Gasteiger partial charge in [-0.25, -0.2) is 0 Å². The second kappa shape index (κ2) is 7.97. The first-order chi connectivity index (χ1) is 11.5. The molecule has 0 saturated heterocycles. The molecule has 0 heterocycles. The lowest BCUT2D eigenvalue weighted by atomic mass is 10.1. The maximum absolute atomic E-state index is 12.2. The number of ether oxygens (including phenoxy) is 2. The Bertz CT molecular complexity index is 774. The first-order valence-electron chi connectivity index (χ1n) is 7.27. The summed E-state index contributed by atoms with van der Waals surface area (Å²) in [5.74, 6) is 0.458. The number of methoxy groups -OCH3 is 1. The third-order valence-electron chi connectivity index (χ3n) is 3.45. The molecule has 2 rings (SSSR count). The zero-order chi connectivity index (χ0) is 17.7. The lowest BCUT2D eigenvalue weighted by molar-refractivity contribution is -0.118. The van der Waals surface area contributed by atoms with Crippen LogP contribution in [0, 0.1) is 13.8 Å². The van der Waals surface area contributed by atoms with Gasteiger partial charge in [0.2, 0.25) is 0 Å². The Morgan fingerprint density at radius 1 is 1.25 bits per heavy atom. The molecule has 5 nitrogen and oxygen atoms in total. The van der Waals surface area contributed by atoms with Crippen LogP contribution >= 0.6 is 15.9 Å². The Morgan fingerprint density at radius 3 is 2.67 bits per heavy atom. The van der Waals surface area contributed by atoms with Crippen LogP contribution in [0.25, 0.3) is 0 Å². The molecule has 1 N–H and O–H groups in total. The Hall–Kier alpha value is -2.34. The number of aryl methyl sites for hydroxylation is 2. The molecule has 0 aliphatic rings. The van der Waals surface area contributed by atoms with E-state index in [0.717, 1.165) is 16.8 Å². The zero-order valence-corrected chi connectivity index (χ0v) is 15.3. The van der Waals surface area contributed by atoms with Crippen molar-refractivity contribution in [1.29, 1.82) is 0 Å². The van der Waals surface area contributed by atoms with Crippen molar-refractivity contribution in [2.45, 2.75) is 13.8 Å². The summed E-state index contributed by atoms with van der Waals surface area (Å²) < 4.78 is 11.2. The van der Waals surface area contributed by atoms with Gasteiger partial charge in [0.1, 0.15) is 0 Å². The summed E-state index contributed by atoms with van der Waals surface area (Å²) in [6.45, 7) is 3.67. The lowest BCUT2D eigenvalue weighted by Crippen LogP contribution is -2.21. The maximum atomic E-state index is 12.2. The fourth-order valence-corrected chi connectivity index (χ4v) is 2.67. The molecule has 1 amide bonds. The minimum Gasteiger partial charge on any atom is -0.493 e. The largest absolute Gasteiger partial charge is 0.493 e. The molecule has 0 atom stereocenters. The molecule has 0 spiro atoms. The molecule has 0 unspecified atom stereocenters. The van der Waals surface area contributed by atoms with Crippen molar-refractivity contribution in [2.75, 3.05) is 19.0 Å². The average Bonchev–Trinajstić information content (AvgIpc) is 2.56. The number of carbonyl (C=O) groups is 2. The number of nitrogens with one attached hydrogen (secondary N) is 1. The summed E-state index contributed by atoms with van der Waals surface area (Å²) in [5, 5.41) is 2.82. The highest BCUT2D eigenvalue weighted by atomic mass is 79.9. The Labute approximate surface area is 149 Å².